The van der Waals surface area contributed by atoms with Crippen LogP contribution in [0.3, 0.4) is 0 Å². The van der Waals surface area contributed by atoms with Crippen molar-refractivity contribution in [1.29, 1.82) is 0 Å². The van der Waals surface area contributed by atoms with Crippen LogP contribution in [-0.2, 0) is 13.2 Å². The molecule has 1 aliphatic rings. The first-order valence-corrected chi connectivity index (χ1v) is 14.6. The molecule has 6 N–H and O–H groups in total. The van der Waals surface area contributed by atoms with Crippen molar-refractivity contribution >= 4 is 17.3 Å². The minimum Gasteiger partial charge on any atom is -0.490 e. The lowest BCUT2D eigenvalue weighted by Gasteiger charge is -2.30. The predicted octanol–water partition coefficient (Wildman–Crippen LogP) is 3.35. The van der Waals surface area contributed by atoms with E-state index in [0.717, 1.165) is 11.1 Å². The van der Waals surface area contributed by atoms with E-state index in [1.807, 2.05) is 12.1 Å². The fourth-order valence-electron chi connectivity index (χ4n) is 5.37. The molecule has 2 aromatic heterocycles. The lowest BCUT2D eigenvalue weighted by Crippen LogP contribution is -2.39. The number of pyridine rings is 1. The first-order chi connectivity index (χ1) is 21.0. The monoisotopic (exact) mass is 602 g/mol. The standard InChI is InChI=1S/C33H38N4O7/c1-33(2,42)19-43-26-8-10-29-28(15-35-37(29)16-26)32(41)36-24-4-6-25(7-5-24)44-30-14-22(3-9-27(30)31(34)40)23-12-20(17-38)11-21(13-23)18-39/h3,8-16,24-25,38-39,42H,4-7,17-19H2,1-2H3,(H2,34,40)(H,36,41). The first kappa shape index (κ1) is 31.0. The van der Waals surface area contributed by atoms with Gasteiger partial charge in [0.2, 0.25) is 0 Å². The van der Waals surface area contributed by atoms with E-state index in [-0.39, 0.29) is 43.4 Å². The third-order valence-electron chi connectivity index (χ3n) is 7.63. The van der Waals surface area contributed by atoms with Crippen LogP contribution in [0, 0.1) is 0 Å². The van der Waals surface area contributed by atoms with Crippen molar-refractivity contribution in [2.45, 2.75) is 70.5 Å². The molecule has 0 unspecified atom stereocenters. The summed E-state index contributed by atoms with van der Waals surface area (Å²) in [4.78, 5) is 25.3. The van der Waals surface area contributed by atoms with E-state index in [9.17, 15) is 24.9 Å². The van der Waals surface area contributed by atoms with Gasteiger partial charge >= 0.3 is 0 Å². The molecule has 0 aliphatic heterocycles. The van der Waals surface area contributed by atoms with Gasteiger partial charge in [-0.25, -0.2) is 4.52 Å². The summed E-state index contributed by atoms with van der Waals surface area (Å²) in [6.45, 7) is 3.11. The lowest BCUT2D eigenvalue weighted by atomic mass is 9.92. The van der Waals surface area contributed by atoms with Gasteiger partial charge in [-0.3, -0.25) is 9.59 Å². The molecule has 0 spiro atoms. The average molecular weight is 603 g/mol. The van der Waals surface area contributed by atoms with E-state index >= 15 is 0 Å². The highest BCUT2D eigenvalue weighted by Crippen LogP contribution is 2.32. The zero-order valence-electron chi connectivity index (χ0n) is 24.8. The summed E-state index contributed by atoms with van der Waals surface area (Å²) in [5, 5.41) is 36.6. The molecule has 5 rings (SSSR count). The smallest absolute Gasteiger partial charge is 0.255 e. The van der Waals surface area contributed by atoms with Crippen LogP contribution in [0.15, 0.2) is 60.9 Å². The van der Waals surface area contributed by atoms with Gasteiger partial charge in [-0.05, 0) is 98.2 Å². The summed E-state index contributed by atoms with van der Waals surface area (Å²) in [6.07, 6.45) is 5.73. The number of aliphatic hydroxyl groups is 3. The Morgan fingerprint density at radius 2 is 1.68 bits per heavy atom. The van der Waals surface area contributed by atoms with Crippen molar-refractivity contribution in [3.05, 3.63) is 83.2 Å². The number of ether oxygens (including phenoxy) is 2. The average Bonchev–Trinajstić information content (AvgIpc) is 3.44. The Bertz CT molecular complexity index is 1630. The number of hydrogen-bond donors (Lipinski definition) is 5. The number of primary amides is 1. The fourth-order valence-corrected chi connectivity index (χ4v) is 5.37. The number of carbonyl (C=O) groups is 2. The van der Waals surface area contributed by atoms with Crippen LogP contribution in [-0.4, -0.2) is 61.1 Å². The zero-order chi connectivity index (χ0) is 31.4. The molecule has 232 valence electrons. The van der Waals surface area contributed by atoms with Crippen LogP contribution in [0.4, 0.5) is 0 Å². The molecule has 2 amide bonds. The number of amides is 2. The minimum atomic E-state index is -0.971. The molecule has 0 atom stereocenters. The van der Waals surface area contributed by atoms with Gasteiger partial charge in [0.05, 0.1) is 54.0 Å². The van der Waals surface area contributed by atoms with Gasteiger partial charge in [0, 0.05) is 6.04 Å². The largest absolute Gasteiger partial charge is 0.490 e. The Kier molecular flexibility index (Phi) is 9.19. The second-order valence-electron chi connectivity index (χ2n) is 11.8. The molecule has 0 bridgehead atoms. The Balaban J connectivity index is 1.22. The van der Waals surface area contributed by atoms with E-state index in [4.69, 9.17) is 15.2 Å². The number of carbonyl (C=O) groups excluding carboxylic acids is 2. The maximum Gasteiger partial charge on any atom is 0.255 e. The molecule has 1 saturated carbocycles. The Hall–Kier alpha value is -4.45. The molecule has 44 heavy (non-hydrogen) atoms. The molecule has 0 saturated heterocycles. The normalized spacial score (nSPS) is 16.9. The van der Waals surface area contributed by atoms with Crippen LogP contribution >= 0.6 is 0 Å². The van der Waals surface area contributed by atoms with Crippen LogP contribution in [0.1, 0.15) is 71.4 Å². The van der Waals surface area contributed by atoms with Crippen molar-refractivity contribution in [2.24, 2.45) is 5.73 Å². The van der Waals surface area contributed by atoms with Gasteiger partial charge in [-0.2, -0.15) is 5.10 Å². The van der Waals surface area contributed by atoms with Gasteiger partial charge in [0.1, 0.15) is 18.1 Å². The molecular weight excluding hydrogens is 564 g/mol. The third-order valence-corrected chi connectivity index (χ3v) is 7.63. The number of benzene rings is 2. The molecule has 2 heterocycles. The van der Waals surface area contributed by atoms with Gasteiger partial charge < -0.3 is 35.8 Å². The second-order valence-corrected chi connectivity index (χ2v) is 11.8. The molecule has 2 aromatic carbocycles. The van der Waals surface area contributed by atoms with Crippen molar-refractivity contribution in [3.8, 4) is 22.6 Å². The molecule has 1 fully saturated rings. The SMILES string of the molecule is CC(C)(O)COc1ccc2c(C(=O)NC3CCC(Oc4cc(-c5cc(CO)cc(CO)c5)ccc4C(N)=O)CC3)cnn2c1. The number of nitrogens with two attached hydrogens (primary N) is 1. The fraction of sp³-hybridized carbons (Fsp3) is 0.364. The van der Waals surface area contributed by atoms with E-state index in [1.165, 1.54) is 6.20 Å². The van der Waals surface area contributed by atoms with Crippen LogP contribution in [0.5, 0.6) is 11.5 Å². The Morgan fingerprint density at radius 1 is 0.977 bits per heavy atom. The van der Waals surface area contributed by atoms with Crippen molar-refractivity contribution in [2.75, 3.05) is 6.61 Å². The van der Waals surface area contributed by atoms with E-state index in [1.54, 1.807) is 61.0 Å². The van der Waals surface area contributed by atoms with E-state index in [2.05, 4.69) is 10.4 Å². The van der Waals surface area contributed by atoms with Crippen molar-refractivity contribution in [3.63, 3.8) is 0 Å². The second kappa shape index (κ2) is 13.0. The lowest BCUT2D eigenvalue weighted by molar-refractivity contribution is 0.0283. The summed E-state index contributed by atoms with van der Waals surface area (Å²) in [7, 11) is 0. The first-order valence-electron chi connectivity index (χ1n) is 14.6. The quantitative estimate of drug-likeness (QED) is 0.174. The number of aromatic nitrogens is 2. The molecule has 1 aliphatic carbocycles. The molecule has 4 aromatic rings. The highest BCUT2D eigenvalue weighted by molar-refractivity contribution is 6.00. The van der Waals surface area contributed by atoms with Crippen LogP contribution in [0.2, 0.25) is 0 Å². The van der Waals surface area contributed by atoms with Gasteiger partial charge in [0.15, 0.2) is 0 Å². The predicted molar refractivity (Wildman–Crippen MR) is 163 cm³/mol. The highest BCUT2D eigenvalue weighted by Gasteiger charge is 2.26. The summed E-state index contributed by atoms with van der Waals surface area (Å²) < 4.78 is 13.5. The number of rotatable bonds is 11. The van der Waals surface area contributed by atoms with Crippen molar-refractivity contribution in [1.82, 2.24) is 14.9 Å². The maximum absolute atomic E-state index is 13.1. The van der Waals surface area contributed by atoms with Crippen LogP contribution < -0.4 is 20.5 Å². The van der Waals surface area contributed by atoms with E-state index in [0.29, 0.717) is 59.4 Å². The van der Waals surface area contributed by atoms with E-state index < -0.39 is 11.5 Å². The number of hydrogen-bond acceptors (Lipinski definition) is 8. The molecule has 11 heteroatoms. The number of aliphatic hydroxyl groups excluding tert-OH is 2. The summed E-state index contributed by atoms with van der Waals surface area (Å²) in [5.41, 5.74) is 8.91. The van der Waals surface area contributed by atoms with Crippen LogP contribution in [0.25, 0.3) is 16.6 Å². The van der Waals surface area contributed by atoms with Gasteiger partial charge in [-0.15, -0.1) is 0 Å². The van der Waals surface area contributed by atoms with Gasteiger partial charge in [0.25, 0.3) is 11.8 Å². The minimum absolute atomic E-state index is 0.0493. The van der Waals surface area contributed by atoms with Crippen molar-refractivity contribution < 1.29 is 34.4 Å². The maximum atomic E-state index is 13.1. The third kappa shape index (κ3) is 7.36. The summed E-state index contributed by atoms with van der Waals surface area (Å²) in [6, 6.07) is 14.0. The Labute approximate surface area is 255 Å². The number of nitrogens with one attached hydrogen (secondary N) is 1. The number of nitrogens with zero attached hydrogens (tertiary/aromatic N) is 2. The molecular formula is C33H38N4O7. The summed E-state index contributed by atoms with van der Waals surface area (Å²) >= 11 is 0. The Morgan fingerprint density at radius 3 is 2.32 bits per heavy atom. The highest BCUT2D eigenvalue weighted by atomic mass is 16.5. The zero-order valence-corrected chi connectivity index (χ0v) is 24.8. The van der Waals surface area contributed by atoms with Gasteiger partial charge in [-0.1, -0.05) is 12.1 Å². The topological polar surface area (TPSA) is 169 Å². The summed E-state index contributed by atoms with van der Waals surface area (Å²) in [5.74, 6) is 0.0916. The molecule has 0 radical (unpaired) electrons. The number of fused-ring (bicyclic) bond motifs is 1. The molecule has 11 nitrogen and oxygen atoms in total.